The third kappa shape index (κ3) is 5.09. The Morgan fingerprint density at radius 2 is 2.00 bits per heavy atom. The molecule has 33 heavy (non-hydrogen) atoms. The molecule has 0 fully saturated rings. The number of nitrogens with zero attached hydrogens (tertiary/aromatic N) is 3. The van der Waals surface area contributed by atoms with Gasteiger partial charge in [-0.25, -0.2) is 31.5 Å². The van der Waals surface area contributed by atoms with E-state index in [1.165, 1.54) is 27.1 Å². The van der Waals surface area contributed by atoms with E-state index in [1.807, 2.05) is 4.72 Å². The van der Waals surface area contributed by atoms with Crippen molar-refractivity contribution in [1.82, 2.24) is 14.6 Å². The predicted octanol–water partition coefficient (Wildman–Crippen LogP) is 2.90. The Morgan fingerprint density at radius 1 is 1.30 bits per heavy atom. The van der Waals surface area contributed by atoms with Crippen LogP contribution in [0, 0.1) is 18.6 Å². The number of aromatic nitrogens is 1. The number of ether oxygens (including phenoxy) is 1. The maximum atomic E-state index is 14.8. The van der Waals surface area contributed by atoms with Crippen LogP contribution in [-0.2, 0) is 16.6 Å². The number of rotatable bonds is 6. The molecule has 3 aromatic rings. The Hall–Kier alpha value is -3.58. The Labute approximate surface area is 187 Å². The zero-order valence-electron chi connectivity index (χ0n) is 18.0. The summed E-state index contributed by atoms with van der Waals surface area (Å²) >= 11 is 0. The first-order valence-electron chi connectivity index (χ1n) is 9.38. The fraction of sp³-hybridized carbons (Fsp3) is 0.250. The van der Waals surface area contributed by atoms with E-state index in [-0.39, 0.29) is 28.5 Å². The highest BCUT2D eigenvalue weighted by molar-refractivity contribution is 7.92. The smallest absolute Gasteiger partial charge is 0.414 e. The number of hydrogen-bond acceptors (Lipinski definition) is 7. The number of benzene rings is 1. The van der Waals surface area contributed by atoms with E-state index in [9.17, 15) is 26.8 Å². The molecule has 0 atom stereocenters. The lowest BCUT2D eigenvalue weighted by molar-refractivity contribution is 0.170. The molecule has 0 radical (unpaired) electrons. The number of carbonyl (C=O) groups is 1. The topological polar surface area (TPSA) is 133 Å². The molecule has 3 rings (SSSR count). The van der Waals surface area contributed by atoms with Crippen LogP contribution in [0.3, 0.4) is 0 Å². The summed E-state index contributed by atoms with van der Waals surface area (Å²) in [7, 11) is -0.195. The molecule has 0 saturated heterocycles. The Morgan fingerprint density at radius 3 is 2.64 bits per heavy atom. The predicted molar refractivity (Wildman–Crippen MR) is 115 cm³/mol. The molecule has 13 heteroatoms. The van der Waals surface area contributed by atoms with E-state index >= 15 is 0 Å². The highest BCUT2D eigenvalue weighted by atomic mass is 32.2. The van der Waals surface area contributed by atoms with Crippen molar-refractivity contribution in [2.45, 2.75) is 13.3 Å². The highest BCUT2D eigenvalue weighted by Gasteiger charge is 2.19. The number of aryl methyl sites for hydroxylation is 1. The van der Waals surface area contributed by atoms with E-state index in [4.69, 9.17) is 9.15 Å². The van der Waals surface area contributed by atoms with Gasteiger partial charge in [0.25, 0.3) is 0 Å². The molecule has 10 nitrogen and oxygen atoms in total. The molecular formula is C20H19F2N4O6S-. The van der Waals surface area contributed by atoms with Crippen LogP contribution in [0.1, 0.15) is 16.7 Å². The van der Waals surface area contributed by atoms with Crippen molar-refractivity contribution in [2.75, 3.05) is 21.1 Å². The van der Waals surface area contributed by atoms with Crippen LogP contribution in [-0.4, -0.2) is 45.5 Å². The Kier molecular flexibility index (Phi) is 6.65. The summed E-state index contributed by atoms with van der Waals surface area (Å²) in [6.07, 6.45) is 0.0315. The van der Waals surface area contributed by atoms with Crippen molar-refractivity contribution >= 4 is 33.1 Å². The molecule has 0 aliphatic rings. The van der Waals surface area contributed by atoms with Gasteiger partial charge in [-0.05, 0) is 37.0 Å². The van der Waals surface area contributed by atoms with Gasteiger partial charge in [-0.1, -0.05) is 12.3 Å². The molecule has 0 aliphatic carbocycles. The molecule has 1 amide bonds. The molecule has 2 heterocycles. The summed E-state index contributed by atoms with van der Waals surface area (Å²) in [4.78, 5) is 29.0. The van der Waals surface area contributed by atoms with Gasteiger partial charge in [-0.15, -0.1) is 0 Å². The average Bonchev–Trinajstić information content (AvgIpc) is 2.74. The van der Waals surface area contributed by atoms with Gasteiger partial charge in [0.15, 0.2) is 11.6 Å². The van der Waals surface area contributed by atoms with Crippen LogP contribution < -0.4 is 15.1 Å². The zero-order valence-corrected chi connectivity index (χ0v) is 18.8. The third-order valence-electron chi connectivity index (χ3n) is 4.68. The van der Waals surface area contributed by atoms with Crippen LogP contribution in [0.2, 0.25) is 0 Å². The second kappa shape index (κ2) is 9.11. The van der Waals surface area contributed by atoms with E-state index in [2.05, 4.69) is 9.71 Å². The van der Waals surface area contributed by atoms with Gasteiger partial charge in [-0.2, -0.15) is 0 Å². The Balaban J connectivity index is 2.03. The lowest BCUT2D eigenvalue weighted by atomic mass is 9.99. The summed E-state index contributed by atoms with van der Waals surface area (Å²) in [6, 6.07) is 3.38. The normalized spacial score (nSPS) is 11.5. The standard InChI is InChI=1S/C20H19F2N4O6S/c1-10-12-8-14(21)16(32-20(28)26(3)4)9-15(12)31-19(27)13(10)7-11-5-6-24-18(17(11)22)25-33(29,30)23-2/h5-6,8-9,23H,7H2,1-4H3/q-1. The van der Waals surface area contributed by atoms with Crippen LogP contribution in [0.25, 0.3) is 15.7 Å². The molecular weight excluding hydrogens is 462 g/mol. The Bertz CT molecular complexity index is 1410. The molecule has 0 unspecified atom stereocenters. The second-order valence-corrected chi connectivity index (χ2v) is 8.63. The number of pyridine rings is 1. The fourth-order valence-electron chi connectivity index (χ4n) is 2.88. The van der Waals surface area contributed by atoms with Crippen LogP contribution in [0.15, 0.2) is 33.6 Å². The van der Waals surface area contributed by atoms with Gasteiger partial charge in [0.2, 0.25) is 10.2 Å². The lowest BCUT2D eigenvalue weighted by Crippen LogP contribution is -2.25. The number of amides is 1. The first-order valence-corrected chi connectivity index (χ1v) is 10.8. The van der Waals surface area contributed by atoms with Gasteiger partial charge in [-0.3, -0.25) is 0 Å². The minimum absolute atomic E-state index is 0.0208. The molecule has 0 saturated carbocycles. The monoisotopic (exact) mass is 481 g/mol. The van der Waals surface area contributed by atoms with Gasteiger partial charge < -0.3 is 23.8 Å². The SMILES string of the molecule is CNS(=O)(=O)[N-]c1nccc(Cc2c(C)c3cc(F)c(OC(=O)N(C)C)cc3oc2=O)c1F. The van der Waals surface area contributed by atoms with Crippen LogP contribution in [0.4, 0.5) is 19.4 Å². The quantitative estimate of drug-likeness (QED) is 0.535. The number of hydrogen-bond donors (Lipinski definition) is 1. The summed E-state index contributed by atoms with van der Waals surface area (Å²) in [5.74, 6) is -3.00. The van der Waals surface area contributed by atoms with Gasteiger partial charge in [0.05, 0.1) is 0 Å². The summed E-state index contributed by atoms with van der Waals surface area (Å²) < 4.78 is 67.9. The van der Waals surface area contributed by atoms with E-state index < -0.39 is 45.1 Å². The van der Waals surface area contributed by atoms with Crippen molar-refractivity contribution in [2.24, 2.45) is 0 Å². The largest absolute Gasteiger partial charge is 0.440 e. The first kappa shape index (κ1) is 24.1. The summed E-state index contributed by atoms with van der Waals surface area (Å²) in [5, 5.41) is 0.212. The van der Waals surface area contributed by atoms with E-state index in [1.54, 1.807) is 0 Å². The van der Waals surface area contributed by atoms with Gasteiger partial charge in [0.1, 0.15) is 11.4 Å². The zero-order chi connectivity index (χ0) is 24.5. The maximum absolute atomic E-state index is 14.8. The summed E-state index contributed by atoms with van der Waals surface area (Å²) in [6.45, 7) is 1.52. The van der Waals surface area contributed by atoms with Crippen molar-refractivity contribution in [3.8, 4) is 5.75 Å². The number of nitrogens with one attached hydrogen (secondary N) is 1. The minimum Gasteiger partial charge on any atom is -0.440 e. The van der Waals surface area contributed by atoms with Crippen molar-refractivity contribution in [3.63, 3.8) is 0 Å². The van der Waals surface area contributed by atoms with Crippen LogP contribution in [0.5, 0.6) is 5.75 Å². The molecule has 0 aliphatic heterocycles. The first-order chi connectivity index (χ1) is 15.4. The van der Waals surface area contributed by atoms with Gasteiger partial charge in [0, 0.05) is 37.5 Å². The maximum Gasteiger partial charge on any atom is 0.414 e. The molecule has 1 aromatic carbocycles. The highest BCUT2D eigenvalue weighted by Crippen LogP contribution is 2.30. The lowest BCUT2D eigenvalue weighted by Gasteiger charge is -2.17. The number of fused-ring (bicyclic) bond motifs is 1. The fourth-order valence-corrected chi connectivity index (χ4v) is 3.33. The second-order valence-electron chi connectivity index (χ2n) is 7.09. The third-order valence-corrected chi connectivity index (χ3v) is 5.61. The summed E-state index contributed by atoms with van der Waals surface area (Å²) in [5.41, 5.74) is -0.596. The van der Waals surface area contributed by atoms with Crippen molar-refractivity contribution in [1.29, 1.82) is 0 Å². The van der Waals surface area contributed by atoms with Crippen molar-refractivity contribution in [3.05, 3.63) is 67.9 Å². The molecule has 0 spiro atoms. The van der Waals surface area contributed by atoms with Crippen LogP contribution >= 0.6 is 0 Å². The van der Waals surface area contributed by atoms with Gasteiger partial charge >= 0.3 is 11.7 Å². The molecule has 176 valence electrons. The molecule has 2 aromatic heterocycles. The van der Waals surface area contributed by atoms with Crippen molar-refractivity contribution < 1.29 is 31.1 Å². The van der Waals surface area contributed by atoms with E-state index in [0.29, 0.717) is 5.56 Å². The number of carbonyl (C=O) groups excluding carboxylic acids is 1. The molecule has 1 N–H and O–H groups in total. The minimum atomic E-state index is -4.14. The molecule has 0 bridgehead atoms. The van der Waals surface area contributed by atoms with E-state index in [0.717, 1.165) is 30.3 Å². The average molecular weight is 481 g/mol. The number of halogens is 2.